The fourth-order valence-electron chi connectivity index (χ4n) is 6.90. The van der Waals surface area contributed by atoms with Gasteiger partial charge in [0.1, 0.15) is 5.65 Å². The highest BCUT2D eigenvalue weighted by molar-refractivity contribution is 6.08. The zero-order chi connectivity index (χ0) is 28.3. The molecule has 2 nitrogen and oxygen atoms in total. The van der Waals surface area contributed by atoms with E-state index < -0.39 is 0 Å². The molecule has 2 heterocycles. The van der Waals surface area contributed by atoms with Crippen LogP contribution in [0, 0.1) is 0 Å². The molecule has 1 aliphatic carbocycles. The average molecular weight is 547 g/mol. The number of hydrogen-bond acceptors (Lipinski definition) is 1. The van der Waals surface area contributed by atoms with E-state index in [1.807, 2.05) is 12.3 Å². The smallest absolute Gasteiger partial charge is 0.145 e. The van der Waals surface area contributed by atoms with E-state index in [0.717, 1.165) is 11.3 Å². The molecular weight excluding hydrogens is 520 g/mol. The van der Waals surface area contributed by atoms with Crippen molar-refractivity contribution in [3.05, 3.63) is 158 Å². The Balaban J connectivity index is 1.22. The number of pyridine rings is 1. The maximum absolute atomic E-state index is 4.76. The number of fused-ring (bicyclic) bond motifs is 11. The Hall–Kier alpha value is -5.73. The third kappa shape index (κ3) is 3.63. The van der Waals surface area contributed by atoms with Crippen molar-refractivity contribution in [3.63, 3.8) is 0 Å². The minimum atomic E-state index is 0.980. The predicted octanol–water partition coefficient (Wildman–Crippen LogP) is 10.8. The lowest BCUT2D eigenvalue weighted by molar-refractivity contribution is 1.14. The summed E-state index contributed by atoms with van der Waals surface area (Å²) in [6, 6.07) is 55.0. The first-order chi connectivity index (χ1) is 21.3. The number of nitrogens with zero attached hydrogens (tertiary/aromatic N) is 2. The SMILES string of the molecule is c1ccc2c(c1)-c1ccccc1-c1ccc(-c3ccc(-n4c5ccccc5c5cccnc54)cc3)cc1-c1ccccc1-2. The highest BCUT2D eigenvalue weighted by Crippen LogP contribution is 2.48. The van der Waals surface area contributed by atoms with Gasteiger partial charge >= 0.3 is 0 Å². The van der Waals surface area contributed by atoms with Crippen LogP contribution in [0.2, 0.25) is 0 Å². The molecule has 43 heavy (non-hydrogen) atoms. The molecule has 0 bridgehead atoms. The van der Waals surface area contributed by atoms with E-state index in [-0.39, 0.29) is 0 Å². The summed E-state index contributed by atoms with van der Waals surface area (Å²) in [6.07, 6.45) is 1.87. The Kier molecular flexibility index (Phi) is 5.23. The quantitative estimate of drug-likeness (QED) is 0.211. The van der Waals surface area contributed by atoms with Crippen molar-refractivity contribution in [2.24, 2.45) is 0 Å². The largest absolute Gasteiger partial charge is 0.294 e. The molecule has 200 valence electrons. The second kappa shape index (κ2) is 9.40. The zero-order valence-corrected chi connectivity index (χ0v) is 23.4. The number of hydrogen-bond donors (Lipinski definition) is 0. The van der Waals surface area contributed by atoms with Crippen LogP contribution in [0.15, 0.2) is 158 Å². The first-order valence-corrected chi connectivity index (χ1v) is 14.7. The molecule has 0 atom stereocenters. The van der Waals surface area contributed by atoms with Gasteiger partial charge in [0.15, 0.2) is 0 Å². The minimum absolute atomic E-state index is 0.980. The monoisotopic (exact) mass is 546 g/mol. The van der Waals surface area contributed by atoms with Crippen LogP contribution in [0.1, 0.15) is 0 Å². The zero-order valence-electron chi connectivity index (χ0n) is 23.4. The minimum Gasteiger partial charge on any atom is -0.294 e. The van der Waals surface area contributed by atoms with E-state index in [1.54, 1.807) is 0 Å². The fraction of sp³-hybridized carbons (Fsp3) is 0. The molecule has 0 saturated carbocycles. The lowest BCUT2D eigenvalue weighted by Gasteiger charge is -2.23. The summed E-state index contributed by atoms with van der Waals surface area (Å²) >= 11 is 0. The molecule has 0 saturated heterocycles. The maximum atomic E-state index is 4.76. The van der Waals surface area contributed by atoms with Crippen molar-refractivity contribution in [3.8, 4) is 61.3 Å². The summed E-state index contributed by atoms with van der Waals surface area (Å²) in [5, 5.41) is 2.39. The van der Waals surface area contributed by atoms with Crippen LogP contribution in [0.5, 0.6) is 0 Å². The summed E-state index contributed by atoms with van der Waals surface area (Å²) in [7, 11) is 0. The van der Waals surface area contributed by atoms with Crippen LogP contribution in [-0.4, -0.2) is 9.55 Å². The van der Waals surface area contributed by atoms with Crippen LogP contribution in [-0.2, 0) is 0 Å². The number of benzene rings is 6. The molecule has 0 amide bonds. The summed E-state index contributed by atoms with van der Waals surface area (Å²) in [5.74, 6) is 0. The van der Waals surface area contributed by atoms with Gasteiger partial charge < -0.3 is 0 Å². The lowest BCUT2D eigenvalue weighted by Crippen LogP contribution is -1.97. The number of aromatic nitrogens is 2. The van der Waals surface area contributed by atoms with Crippen LogP contribution in [0.4, 0.5) is 0 Å². The Morgan fingerprint density at radius 3 is 1.49 bits per heavy atom. The molecule has 0 radical (unpaired) electrons. The summed E-state index contributed by atoms with van der Waals surface area (Å²) in [6.45, 7) is 0. The summed E-state index contributed by atoms with van der Waals surface area (Å²) < 4.78 is 2.26. The molecule has 0 unspecified atom stereocenters. The first kappa shape index (κ1) is 23.9. The second-order valence-electron chi connectivity index (χ2n) is 11.2. The van der Waals surface area contributed by atoms with Gasteiger partial charge in [-0.15, -0.1) is 0 Å². The highest BCUT2D eigenvalue weighted by atomic mass is 15.0. The van der Waals surface area contributed by atoms with Crippen molar-refractivity contribution >= 4 is 21.9 Å². The van der Waals surface area contributed by atoms with Crippen molar-refractivity contribution in [2.75, 3.05) is 0 Å². The van der Waals surface area contributed by atoms with Gasteiger partial charge in [0, 0.05) is 22.7 Å². The number of rotatable bonds is 2. The average Bonchev–Trinajstić information content (AvgIpc) is 3.42. The lowest BCUT2D eigenvalue weighted by atomic mass is 9.80. The van der Waals surface area contributed by atoms with Gasteiger partial charge in [-0.05, 0) is 92.0 Å². The Morgan fingerprint density at radius 1 is 0.372 bits per heavy atom. The van der Waals surface area contributed by atoms with E-state index >= 15 is 0 Å². The third-order valence-corrected chi connectivity index (χ3v) is 8.85. The molecule has 0 spiro atoms. The maximum Gasteiger partial charge on any atom is 0.145 e. The van der Waals surface area contributed by atoms with Crippen LogP contribution >= 0.6 is 0 Å². The molecule has 2 aromatic heterocycles. The van der Waals surface area contributed by atoms with Gasteiger partial charge in [-0.25, -0.2) is 4.98 Å². The van der Waals surface area contributed by atoms with E-state index in [1.165, 1.54) is 71.9 Å². The predicted molar refractivity (Wildman–Crippen MR) is 179 cm³/mol. The molecule has 0 N–H and O–H groups in total. The first-order valence-electron chi connectivity index (χ1n) is 14.7. The molecule has 6 aromatic carbocycles. The molecule has 0 aliphatic heterocycles. The van der Waals surface area contributed by atoms with Crippen molar-refractivity contribution in [1.82, 2.24) is 9.55 Å². The van der Waals surface area contributed by atoms with Gasteiger partial charge in [-0.3, -0.25) is 4.57 Å². The van der Waals surface area contributed by atoms with E-state index in [2.05, 4.69) is 150 Å². The van der Waals surface area contributed by atoms with Crippen LogP contribution in [0.3, 0.4) is 0 Å². The molecule has 2 heteroatoms. The normalized spacial score (nSPS) is 11.7. The van der Waals surface area contributed by atoms with E-state index in [9.17, 15) is 0 Å². The Labute approximate surface area is 250 Å². The van der Waals surface area contributed by atoms with E-state index in [0.29, 0.717) is 0 Å². The second-order valence-corrected chi connectivity index (χ2v) is 11.2. The van der Waals surface area contributed by atoms with Crippen molar-refractivity contribution < 1.29 is 0 Å². The number of para-hydroxylation sites is 1. The van der Waals surface area contributed by atoms with Gasteiger partial charge in [0.25, 0.3) is 0 Å². The summed E-state index contributed by atoms with van der Waals surface area (Å²) in [5.41, 5.74) is 15.8. The van der Waals surface area contributed by atoms with Gasteiger partial charge in [-0.2, -0.15) is 0 Å². The Bertz CT molecular complexity index is 2280. The molecular formula is C41H26N2. The topological polar surface area (TPSA) is 17.8 Å². The summed E-state index contributed by atoms with van der Waals surface area (Å²) in [4.78, 5) is 4.76. The van der Waals surface area contributed by atoms with Gasteiger partial charge in [0.2, 0.25) is 0 Å². The molecule has 0 fully saturated rings. The molecule has 9 rings (SSSR count). The van der Waals surface area contributed by atoms with E-state index in [4.69, 9.17) is 4.98 Å². The van der Waals surface area contributed by atoms with Gasteiger partial charge in [0.05, 0.1) is 5.52 Å². The van der Waals surface area contributed by atoms with Crippen molar-refractivity contribution in [2.45, 2.75) is 0 Å². The fourth-order valence-corrected chi connectivity index (χ4v) is 6.90. The Morgan fingerprint density at radius 2 is 0.860 bits per heavy atom. The standard InChI is InChI=1S/C41H26N2/c1-2-11-31-30(10-1)32-12-3-4-14-34(32)36-24-21-28(26-39(36)35-15-6-5-13-33(31)35)27-19-22-29(23-20-27)43-40-18-8-7-16-37(40)38-17-9-25-42-41(38)43/h1-26H. The van der Waals surface area contributed by atoms with Crippen molar-refractivity contribution in [1.29, 1.82) is 0 Å². The van der Waals surface area contributed by atoms with Crippen LogP contribution < -0.4 is 0 Å². The highest BCUT2D eigenvalue weighted by Gasteiger charge is 2.22. The molecule has 8 aromatic rings. The van der Waals surface area contributed by atoms with Gasteiger partial charge in [-0.1, -0.05) is 115 Å². The molecule has 1 aliphatic rings. The third-order valence-electron chi connectivity index (χ3n) is 8.85. The van der Waals surface area contributed by atoms with Crippen LogP contribution in [0.25, 0.3) is 83.3 Å².